The first-order valence-corrected chi connectivity index (χ1v) is 7.55. The lowest BCUT2D eigenvalue weighted by molar-refractivity contribution is 0.620. The van der Waals surface area contributed by atoms with E-state index in [4.69, 9.17) is 0 Å². The predicted octanol–water partition coefficient (Wildman–Crippen LogP) is 4.22. The third-order valence-electron chi connectivity index (χ3n) is 4.14. The van der Waals surface area contributed by atoms with Crippen molar-refractivity contribution in [3.63, 3.8) is 0 Å². The highest BCUT2D eigenvalue weighted by Gasteiger charge is 2.19. The Morgan fingerprint density at radius 1 is 1.05 bits per heavy atom. The second-order valence-electron chi connectivity index (χ2n) is 5.77. The summed E-state index contributed by atoms with van der Waals surface area (Å²) in [5.41, 5.74) is 2.98. The van der Waals surface area contributed by atoms with Crippen LogP contribution in [0.25, 0.3) is 10.8 Å². The zero-order valence-electron chi connectivity index (χ0n) is 11.8. The van der Waals surface area contributed by atoms with E-state index in [9.17, 15) is 0 Å². The number of benzene rings is 2. The molecule has 3 rings (SSSR count). The molecule has 1 N–H and O–H groups in total. The molecule has 0 bridgehead atoms. The van der Waals surface area contributed by atoms with Gasteiger partial charge in [0.15, 0.2) is 0 Å². The van der Waals surface area contributed by atoms with Crippen LogP contribution in [-0.4, -0.2) is 12.6 Å². The van der Waals surface area contributed by atoms with E-state index in [1.54, 1.807) is 5.56 Å². The molecule has 0 aliphatic heterocycles. The van der Waals surface area contributed by atoms with Gasteiger partial charge in [0.1, 0.15) is 0 Å². The third kappa shape index (κ3) is 3.16. The van der Waals surface area contributed by atoms with Gasteiger partial charge in [0.2, 0.25) is 0 Å². The normalized spacial score (nSPS) is 15.0. The number of fused-ring (bicyclic) bond motifs is 1. The molecule has 1 heteroatoms. The van der Waals surface area contributed by atoms with E-state index in [1.807, 2.05) is 0 Å². The minimum Gasteiger partial charge on any atom is -0.314 e. The summed E-state index contributed by atoms with van der Waals surface area (Å²) in [6.45, 7) is 3.43. The molecule has 0 radical (unpaired) electrons. The Hall–Kier alpha value is -1.34. The third-order valence-corrected chi connectivity index (χ3v) is 4.14. The van der Waals surface area contributed by atoms with E-state index >= 15 is 0 Å². The smallest absolute Gasteiger partial charge is 0.00682 e. The summed E-state index contributed by atoms with van der Waals surface area (Å²) < 4.78 is 0. The van der Waals surface area contributed by atoms with Crippen molar-refractivity contribution >= 4 is 10.8 Å². The van der Waals surface area contributed by atoms with E-state index in [1.165, 1.54) is 55.0 Å². The molecule has 2 aromatic rings. The molecule has 1 aliphatic carbocycles. The maximum atomic E-state index is 3.59. The Labute approximate surface area is 116 Å². The summed E-state index contributed by atoms with van der Waals surface area (Å²) in [5, 5.41) is 6.41. The molecule has 0 atom stereocenters. The molecule has 0 saturated heterocycles. The lowest BCUT2D eigenvalue weighted by Crippen LogP contribution is -2.17. The summed E-state index contributed by atoms with van der Waals surface area (Å²) in [4.78, 5) is 0. The molecule has 0 amide bonds. The molecule has 0 spiro atoms. The number of nitrogens with one attached hydrogen (secondary N) is 1. The van der Waals surface area contributed by atoms with Gasteiger partial charge in [-0.15, -0.1) is 0 Å². The standard InChI is InChI=1S/C18H23N/c1-14-9-10-15-6-2-3-8-18(15)17(14)7-4-5-13-19-16-11-12-16/h2-3,6,8-10,16,19H,4-5,7,11-13H2,1H3. The average molecular weight is 253 g/mol. The molecular weight excluding hydrogens is 230 g/mol. The van der Waals surface area contributed by atoms with Crippen LogP contribution in [0.1, 0.15) is 36.8 Å². The maximum Gasteiger partial charge on any atom is 0.00682 e. The van der Waals surface area contributed by atoms with Crippen LogP contribution in [0.4, 0.5) is 0 Å². The molecule has 0 unspecified atom stereocenters. The van der Waals surface area contributed by atoms with Crippen LogP contribution in [0.3, 0.4) is 0 Å². The van der Waals surface area contributed by atoms with Gasteiger partial charge in [-0.05, 0) is 67.5 Å². The van der Waals surface area contributed by atoms with Gasteiger partial charge in [0.05, 0.1) is 0 Å². The van der Waals surface area contributed by atoms with Crippen LogP contribution in [0.15, 0.2) is 36.4 Å². The molecule has 2 aromatic carbocycles. The van der Waals surface area contributed by atoms with Crippen LogP contribution >= 0.6 is 0 Å². The first kappa shape index (κ1) is 12.7. The SMILES string of the molecule is Cc1ccc2ccccc2c1CCCCNC1CC1. The van der Waals surface area contributed by atoms with Crippen LogP contribution in [0, 0.1) is 6.92 Å². The number of hydrogen-bond acceptors (Lipinski definition) is 1. The number of hydrogen-bond donors (Lipinski definition) is 1. The summed E-state index contributed by atoms with van der Waals surface area (Å²) in [6, 6.07) is 14.1. The van der Waals surface area contributed by atoms with E-state index in [0.717, 1.165) is 6.04 Å². The largest absolute Gasteiger partial charge is 0.314 e. The van der Waals surface area contributed by atoms with Crippen LogP contribution in [0.2, 0.25) is 0 Å². The Morgan fingerprint density at radius 2 is 1.89 bits per heavy atom. The monoisotopic (exact) mass is 253 g/mol. The second-order valence-corrected chi connectivity index (χ2v) is 5.77. The fourth-order valence-corrected chi connectivity index (χ4v) is 2.80. The highest BCUT2D eigenvalue weighted by Crippen LogP contribution is 2.24. The number of aryl methyl sites for hydroxylation is 2. The summed E-state index contributed by atoms with van der Waals surface area (Å²) in [7, 11) is 0. The van der Waals surface area contributed by atoms with Gasteiger partial charge in [-0.2, -0.15) is 0 Å². The van der Waals surface area contributed by atoms with Crippen LogP contribution < -0.4 is 5.32 Å². The molecule has 1 fully saturated rings. The van der Waals surface area contributed by atoms with Gasteiger partial charge in [-0.1, -0.05) is 36.4 Å². The lowest BCUT2D eigenvalue weighted by atomic mass is 9.96. The van der Waals surface area contributed by atoms with Crippen molar-refractivity contribution in [3.05, 3.63) is 47.5 Å². The second kappa shape index (κ2) is 5.75. The van der Waals surface area contributed by atoms with Gasteiger partial charge in [0, 0.05) is 6.04 Å². The van der Waals surface area contributed by atoms with E-state index in [2.05, 4.69) is 48.6 Å². The number of unbranched alkanes of at least 4 members (excludes halogenated alkanes) is 1. The van der Waals surface area contributed by atoms with Crippen molar-refractivity contribution in [1.29, 1.82) is 0 Å². The summed E-state index contributed by atoms with van der Waals surface area (Å²) in [6.07, 6.45) is 6.57. The van der Waals surface area contributed by atoms with Gasteiger partial charge in [-0.3, -0.25) is 0 Å². The highest BCUT2D eigenvalue weighted by atomic mass is 14.9. The van der Waals surface area contributed by atoms with E-state index in [0.29, 0.717) is 0 Å². The Balaban J connectivity index is 1.63. The minimum absolute atomic E-state index is 0.847. The fraction of sp³-hybridized carbons (Fsp3) is 0.444. The molecule has 19 heavy (non-hydrogen) atoms. The van der Waals surface area contributed by atoms with Crippen molar-refractivity contribution < 1.29 is 0 Å². The quantitative estimate of drug-likeness (QED) is 0.760. The zero-order valence-corrected chi connectivity index (χ0v) is 11.8. The summed E-state index contributed by atoms with van der Waals surface area (Å²) >= 11 is 0. The predicted molar refractivity (Wildman–Crippen MR) is 82.6 cm³/mol. The molecule has 100 valence electrons. The Kier molecular flexibility index (Phi) is 3.84. The molecule has 1 nitrogen and oxygen atoms in total. The van der Waals surface area contributed by atoms with Crippen LogP contribution in [0.5, 0.6) is 0 Å². The number of rotatable bonds is 6. The highest BCUT2D eigenvalue weighted by molar-refractivity contribution is 5.86. The van der Waals surface area contributed by atoms with Gasteiger partial charge in [-0.25, -0.2) is 0 Å². The van der Waals surface area contributed by atoms with E-state index in [-0.39, 0.29) is 0 Å². The Morgan fingerprint density at radius 3 is 2.74 bits per heavy atom. The van der Waals surface area contributed by atoms with Crippen molar-refractivity contribution in [2.75, 3.05) is 6.54 Å². The van der Waals surface area contributed by atoms with Gasteiger partial charge >= 0.3 is 0 Å². The van der Waals surface area contributed by atoms with Crippen molar-refractivity contribution in [1.82, 2.24) is 5.32 Å². The van der Waals surface area contributed by atoms with E-state index < -0.39 is 0 Å². The molecule has 0 heterocycles. The molecular formula is C18H23N. The first-order chi connectivity index (χ1) is 9.34. The maximum absolute atomic E-state index is 3.59. The Bertz CT molecular complexity index is 555. The summed E-state index contributed by atoms with van der Waals surface area (Å²) in [5.74, 6) is 0. The molecule has 0 aromatic heterocycles. The molecule has 1 saturated carbocycles. The topological polar surface area (TPSA) is 12.0 Å². The first-order valence-electron chi connectivity index (χ1n) is 7.55. The minimum atomic E-state index is 0.847. The van der Waals surface area contributed by atoms with Crippen molar-refractivity contribution in [2.45, 2.75) is 45.1 Å². The van der Waals surface area contributed by atoms with Gasteiger partial charge in [0.25, 0.3) is 0 Å². The van der Waals surface area contributed by atoms with Crippen molar-refractivity contribution in [2.24, 2.45) is 0 Å². The zero-order chi connectivity index (χ0) is 13.1. The fourth-order valence-electron chi connectivity index (χ4n) is 2.80. The van der Waals surface area contributed by atoms with Crippen LogP contribution in [-0.2, 0) is 6.42 Å². The average Bonchev–Trinajstić information content (AvgIpc) is 3.25. The van der Waals surface area contributed by atoms with Gasteiger partial charge < -0.3 is 5.32 Å². The molecule has 1 aliphatic rings. The van der Waals surface area contributed by atoms with Crippen molar-refractivity contribution in [3.8, 4) is 0 Å². The lowest BCUT2D eigenvalue weighted by Gasteiger charge is -2.10.